The minimum atomic E-state index is -1.79. The molecule has 2 aliphatic rings. The van der Waals surface area contributed by atoms with E-state index in [-0.39, 0.29) is 18.0 Å². The number of ether oxygens (including phenoxy) is 1. The van der Waals surface area contributed by atoms with E-state index in [0.29, 0.717) is 23.2 Å². The molecule has 0 radical (unpaired) electrons. The second-order valence-corrected chi connectivity index (χ2v) is 8.66. The molecule has 0 spiro atoms. The molecule has 0 aromatic carbocycles. The molecule has 1 aliphatic heterocycles. The van der Waals surface area contributed by atoms with Gasteiger partial charge in [-0.25, -0.2) is 9.19 Å². The van der Waals surface area contributed by atoms with Crippen LogP contribution in [0.3, 0.4) is 0 Å². The first kappa shape index (κ1) is 19.4. The van der Waals surface area contributed by atoms with E-state index in [0.717, 1.165) is 44.3 Å². The molecule has 2 fully saturated rings. The molecule has 4 heterocycles. The zero-order valence-corrected chi connectivity index (χ0v) is 17.2. The molecule has 11 nitrogen and oxygen atoms in total. The number of rotatable bonds is 7. The SMILES string of the molecule is O=S(O)CN1CCC(Nc2nc3cnc(-c4cn[nH]c4)c(OC4CCC4)n3n2)CC1. The summed E-state index contributed by atoms with van der Waals surface area (Å²) in [5.74, 6) is 1.31. The monoisotopic (exact) mass is 432 g/mol. The third kappa shape index (κ3) is 4.02. The van der Waals surface area contributed by atoms with Crippen molar-refractivity contribution in [2.24, 2.45) is 0 Å². The number of likely N-dealkylation sites (tertiary alicyclic amines) is 1. The van der Waals surface area contributed by atoms with Gasteiger partial charge in [0.1, 0.15) is 17.7 Å². The second kappa shape index (κ2) is 8.28. The van der Waals surface area contributed by atoms with Crippen LogP contribution in [0.1, 0.15) is 32.1 Å². The maximum atomic E-state index is 11.0. The van der Waals surface area contributed by atoms with Crippen molar-refractivity contribution in [1.82, 2.24) is 34.7 Å². The zero-order chi connectivity index (χ0) is 20.5. The van der Waals surface area contributed by atoms with Gasteiger partial charge in [-0.3, -0.25) is 10.00 Å². The molecular weight excluding hydrogens is 408 g/mol. The van der Waals surface area contributed by atoms with Gasteiger partial charge in [-0.2, -0.15) is 14.6 Å². The molecule has 3 aromatic rings. The summed E-state index contributed by atoms with van der Waals surface area (Å²) in [6, 6.07) is 0.211. The maximum absolute atomic E-state index is 11.0. The van der Waals surface area contributed by atoms with E-state index in [1.807, 2.05) is 4.90 Å². The highest BCUT2D eigenvalue weighted by Crippen LogP contribution is 2.32. The zero-order valence-electron chi connectivity index (χ0n) is 16.4. The van der Waals surface area contributed by atoms with Gasteiger partial charge in [0.2, 0.25) is 11.8 Å². The lowest BCUT2D eigenvalue weighted by Gasteiger charge is -2.30. The second-order valence-electron chi connectivity index (χ2n) is 7.76. The van der Waals surface area contributed by atoms with Gasteiger partial charge in [0.05, 0.1) is 12.4 Å². The van der Waals surface area contributed by atoms with E-state index in [9.17, 15) is 4.21 Å². The third-order valence-corrected chi connectivity index (χ3v) is 6.24. The Morgan fingerprint density at radius 1 is 1.27 bits per heavy atom. The summed E-state index contributed by atoms with van der Waals surface area (Å²) in [4.78, 5) is 11.1. The van der Waals surface area contributed by atoms with Crippen LogP contribution in [0.2, 0.25) is 0 Å². The highest BCUT2D eigenvalue weighted by molar-refractivity contribution is 7.79. The van der Waals surface area contributed by atoms with Crippen molar-refractivity contribution in [1.29, 1.82) is 0 Å². The van der Waals surface area contributed by atoms with Crippen LogP contribution >= 0.6 is 0 Å². The third-order valence-electron chi connectivity index (χ3n) is 5.65. The minimum Gasteiger partial charge on any atom is -0.473 e. The Kier molecular flexibility index (Phi) is 5.35. The summed E-state index contributed by atoms with van der Waals surface area (Å²) >= 11 is -1.79. The van der Waals surface area contributed by atoms with Crippen LogP contribution in [0.15, 0.2) is 18.6 Å². The smallest absolute Gasteiger partial charge is 0.244 e. The standard InChI is InChI=1S/C18H24N8O3S/c27-30(28)11-25-6-4-13(5-7-25)22-18-23-15-10-19-16(12-8-20-21-9-12)17(26(15)24-18)29-14-2-1-3-14/h8-10,13-14H,1-7,11H2,(H,20,21)(H,22,24)(H,27,28). The molecule has 1 aliphatic carbocycles. The quantitative estimate of drug-likeness (QED) is 0.475. The van der Waals surface area contributed by atoms with Crippen LogP contribution in [0.25, 0.3) is 16.9 Å². The largest absolute Gasteiger partial charge is 0.473 e. The fraction of sp³-hybridized carbons (Fsp3) is 0.556. The Bertz CT molecular complexity index is 1030. The number of aromatic amines is 1. The number of aromatic nitrogens is 6. The molecular formula is C18H24N8O3S. The molecule has 1 saturated heterocycles. The van der Waals surface area contributed by atoms with E-state index in [1.165, 1.54) is 6.42 Å². The molecule has 30 heavy (non-hydrogen) atoms. The Labute approximate surface area is 175 Å². The predicted octanol–water partition coefficient (Wildman–Crippen LogP) is 1.50. The molecule has 0 bridgehead atoms. The van der Waals surface area contributed by atoms with Crippen molar-refractivity contribution >= 4 is 22.7 Å². The van der Waals surface area contributed by atoms with E-state index in [1.54, 1.807) is 23.1 Å². The number of hydrogen-bond acceptors (Lipinski definition) is 8. The number of fused-ring (bicyclic) bond motifs is 1. The summed E-state index contributed by atoms with van der Waals surface area (Å²) in [5, 5.41) is 14.9. The Morgan fingerprint density at radius 2 is 2.10 bits per heavy atom. The molecule has 1 unspecified atom stereocenters. The van der Waals surface area contributed by atoms with Gasteiger partial charge in [0, 0.05) is 30.9 Å². The summed E-state index contributed by atoms with van der Waals surface area (Å²) in [6.07, 6.45) is 10.3. The molecule has 5 rings (SSSR count). The number of H-pyrrole nitrogens is 1. The lowest BCUT2D eigenvalue weighted by atomic mass is 9.96. The number of hydrogen-bond donors (Lipinski definition) is 3. The lowest BCUT2D eigenvalue weighted by Crippen LogP contribution is -2.40. The fourth-order valence-corrected chi connectivity index (χ4v) is 4.34. The first-order chi connectivity index (χ1) is 14.7. The minimum absolute atomic E-state index is 0.171. The summed E-state index contributed by atoms with van der Waals surface area (Å²) < 4.78 is 28.0. The first-order valence-electron chi connectivity index (χ1n) is 10.1. The van der Waals surface area contributed by atoms with Crippen molar-refractivity contribution in [3.63, 3.8) is 0 Å². The molecule has 0 amide bonds. The van der Waals surface area contributed by atoms with Gasteiger partial charge in [-0.05, 0) is 32.1 Å². The van der Waals surface area contributed by atoms with E-state index in [4.69, 9.17) is 9.29 Å². The van der Waals surface area contributed by atoms with Crippen molar-refractivity contribution in [2.75, 3.05) is 24.3 Å². The van der Waals surface area contributed by atoms with Gasteiger partial charge >= 0.3 is 0 Å². The van der Waals surface area contributed by atoms with Crippen molar-refractivity contribution in [3.8, 4) is 17.1 Å². The highest BCUT2D eigenvalue weighted by atomic mass is 32.2. The predicted molar refractivity (Wildman–Crippen MR) is 110 cm³/mol. The highest BCUT2D eigenvalue weighted by Gasteiger charge is 2.26. The number of nitrogens with zero attached hydrogens (tertiary/aromatic N) is 6. The summed E-state index contributed by atoms with van der Waals surface area (Å²) in [7, 11) is 0. The van der Waals surface area contributed by atoms with Gasteiger partial charge in [-0.15, -0.1) is 5.10 Å². The number of nitrogens with one attached hydrogen (secondary N) is 2. The van der Waals surface area contributed by atoms with Gasteiger partial charge in [0.15, 0.2) is 16.7 Å². The number of anilines is 1. The van der Waals surface area contributed by atoms with Gasteiger partial charge < -0.3 is 14.6 Å². The van der Waals surface area contributed by atoms with Crippen molar-refractivity contribution in [2.45, 2.75) is 44.2 Å². The fourth-order valence-electron chi connectivity index (χ4n) is 3.77. The van der Waals surface area contributed by atoms with Crippen LogP contribution in [-0.2, 0) is 11.1 Å². The molecule has 1 saturated carbocycles. The van der Waals surface area contributed by atoms with E-state index < -0.39 is 11.1 Å². The Balaban J connectivity index is 1.37. The van der Waals surface area contributed by atoms with E-state index in [2.05, 4.69) is 30.6 Å². The molecule has 1 atom stereocenters. The van der Waals surface area contributed by atoms with Crippen molar-refractivity contribution < 1.29 is 13.5 Å². The first-order valence-corrected chi connectivity index (χ1v) is 11.4. The average Bonchev–Trinajstić information content (AvgIpc) is 3.35. The van der Waals surface area contributed by atoms with Crippen LogP contribution in [0.5, 0.6) is 5.88 Å². The van der Waals surface area contributed by atoms with Gasteiger partial charge in [-0.1, -0.05) is 0 Å². The summed E-state index contributed by atoms with van der Waals surface area (Å²) in [5.41, 5.74) is 2.14. The molecule has 160 valence electrons. The van der Waals surface area contributed by atoms with Crippen LogP contribution in [0, 0.1) is 0 Å². The normalized spacial score (nSPS) is 19.6. The number of piperidine rings is 1. The van der Waals surface area contributed by atoms with Crippen LogP contribution in [0.4, 0.5) is 5.95 Å². The maximum Gasteiger partial charge on any atom is 0.244 e. The molecule has 3 aromatic heterocycles. The Morgan fingerprint density at radius 3 is 2.77 bits per heavy atom. The van der Waals surface area contributed by atoms with Crippen molar-refractivity contribution in [3.05, 3.63) is 18.6 Å². The lowest BCUT2D eigenvalue weighted by molar-refractivity contribution is 0.112. The van der Waals surface area contributed by atoms with Gasteiger partial charge in [0.25, 0.3) is 0 Å². The topological polar surface area (TPSA) is 134 Å². The summed E-state index contributed by atoms with van der Waals surface area (Å²) in [6.45, 7) is 1.53. The van der Waals surface area contributed by atoms with Crippen LogP contribution in [-0.4, -0.2) is 74.6 Å². The van der Waals surface area contributed by atoms with E-state index >= 15 is 0 Å². The molecule has 3 N–H and O–H groups in total. The molecule has 12 heteroatoms. The van der Waals surface area contributed by atoms with Crippen LogP contribution < -0.4 is 10.1 Å². The average molecular weight is 433 g/mol. The Hall–Kier alpha value is -2.57.